The summed E-state index contributed by atoms with van der Waals surface area (Å²) in [6.45, 7) is 8.65. The highest BCUT2D eigenvalue weighted by atomic mass is 16.5. The zero-order chi connectivity index (χ0) is 22.3. The van der Waals surface area contributed by atoms with Crippen LogP contribution >= 0.6 is 0 Å². The lowest BCUT2D eigenvalue weighted by molar-refractivity contribution is 0.0686. The van der Waals surface area contributed by atoms with E-state index in [9.17, 15) is 19.8 Å². The summed E-state index contributed by atoms with van der Waals surface area (Å²) in [4.78, 5) is 23.1. The van der Waals surface area contributed by atoms with Crippen LogP contribution in [-0.2, 0) is 0 Å². The second-order valence-electron chi connectivity index (χ2n) is 6.66. The van der Waals surface area contributed by atoms with Crippen LogP contribution in [0.5, 0.6) is 11.5 Å². The molecule has 0 spiro atoms. The number of carboxylic acids is 1. The van der Waals surface area contributed by atoms with E-state index in [1.807, 2.05) is 50.2 Å². The fraction of sp³-hybridized carbons (Fsp3) is 0.261. The van der Waals surface area contributed by atoms with Crippen molar-refractivity contribution in [2.24, 2.45) is 5.92 Å². The highest BCUT2D eigenvalue weighted by Crippen LogP contribution is 2.34. The largest absolute Gasteiger partial charge is 0.503 e. The number of benzene rings is 2. The molecule has 3 rings (SSSR count). The summed E-state index contributed by atoms with van der Waals surface area (Å²) in [5.74, 6) is -1.18. The van der Waals surface area contributed by atoms with Gasteiger partial charge in [0.15, 0.2) is 5.75 Å². The van der Waals surface area contributed by atoms with E-state index in [1.165, 1.54) is 4.68 Å². The number of aromatic nitrogens is 2. The number of hydrogen-bond acceptors (Lipinski definition) is 5. The third-order valence-corrected chi connectivity index (χ3v) is 4.00. The van der Waals surface area contributed by atoms with Gasteiger partial charge < -0.3 is 14.9 Å². The van der Waals surface area contributed by atoms with Crippen molar-refractivity contribution in [3.05, 3.63) is 70.6 Å². The molecule has 7 nitrogen and oxygen atoms in total. The van der Waals surface area contributed by atoms with Crippen LogP contribution in [0.3, 0.4) is 0 Å². The van der Waals surface area contributed by atoms with Crippen LogP contribution in [0.4, 0.5) is 0 Å². The Hall–Kier alpha value is -3.61. The molecule has 1 aromatic heterocycles. The molecule has 30 heavy (non-hydrogen) atoms. The average molecular weight is 410 g/mol. The highest BCUT2D eigenvalue weighted by Gasteiger charge is 2.18. The highest BCUT2D eigenvalue weighted by molar-refractivity contribution is 5.85. The average Bonchev–Trinajstić information content (AvgIpc) is 2.75. The maximum absolute atomic E-state index is 11.8. The normalized spacial score (nSPS) is 10.3. The van der Waals surface area contributed by atoms with Gasteiger partial charge >= 0.3 is 5.97 Å². The predicted molar refractivity (Wildman–Crippen MR) is 116 cm³/mol. The molecule has 0 aliphatic heterocycles. The Kier molecular flexibility index (Phi) is 7.75. The van der Waals surface area contributed by atoms with Gasteiger partial charge in [-0.3, -0.25) is 4.79 Å². The number of ether oxygens (including phenoxy) is 1. The Morgan fingerprint density at radius 1 is 1.07 bits per heavy atom. The van der Waals surface area contributed by atoms with Gasteiger partial charge in [0.2, 0.25) is 5.69 Å². The fourth-order valence-corrected chi connectivity index (χ4v) is 2.71. The minimum absolute atomic E-state index is 0.346. The monoisotopic (exact) mass is 410 g/mol. The molecule has 0 radical (unpaired) electrons. The molecule has 0 atom stereocenters. The molecule has 2 aromatic carbocycles. The van der Waals surface area contributed by atoms with Crippen molar-refractivity contribution in [3.8, 4) is 28.3 Å². The van der Waals surface area contributed by atoms with Crippen LogP contribution in [0.15, 0.2) is 59.5 Å². The first-order valence-corrected chi connectivity index (χ1v) is 9.76. The number of hydrogen-bond donors (Lipinski definition) is 2. The molecule has 7 heteroatoms. The van der Waals surface area contributed by atoms with Crippen LogP contribution < -0.4 is 10.2 Å². The standard InChI is InChI=1S/C21H20N2O5.C2H6/c1-13(2)12-28-18-10-6-4-8-15(18)14-7-3-5-9-16(14)23-11-17(24)20(25)19(22-23)21(26)27;1-2/h3-11,13,24H,12H2,1-2H3,(H,26,27);1-2H3. The summed E-state index contributed by atoms with van der Waals surface area (Å²) in [6.07, 6.45) is 1.10. The summed E-state index contributed by atoms with van der Waals surface area (Å²) in [6, 6.07) is 14.6. The molecule has 0 amide bonds. The molecule has 0 unspecified atom stereocenters. The summed E-state index contributed by atoms with van der Waals surface area (Å²) in [7, 11) is 0. The van der Waals surface area contributed by atoms with E-state index in [2.05, 4.69) is 18.9 Å². The van der Waals surface area contributed by atoms with E-state index in [1.54, 1.807) is 12.1 Å². The van der Waals surface area contributed by atoms with Gasteiger partial charge in [0, 0.05) is 11.1 Å². The molecule has 0 aliphatic carbocycles. The van der Waals surface area contributed by atoms with Gasteiger partial charge in [0.1, 0.15) is 5.75 Å². The van der Waals surface area contributed by atoms with Crippen molar-refractivity contribution in [1.29, 1.82) is 0 Å². The number of rotatable bonds is 6. The molecule has 3 aromatic rings. The van der Waals surface area contributed by atoms with Crippen LogP contribution in [-0.4, -0.2) is 32.6 Å². The molecule has 0 saturated heterocycles. The summed E-state index contributed by atoms with van der Waals surface area (Å²) in [5.41, 5.74) is 0.228. The van der Waals surface area contributed by atoms with Gasteiger partial charge in [-0.1, -0.05) is 64.1 Å². The SMILES string of the molecule is CC.CC(C)COc1ccccc1-c1ccccc1-n1cc(O)c(=O)c(C(=O)O)n1. The first-order valence-electron chi connectivity index (χ1n) is 9.76. The number of aromatic carboxylic acids is 1. The summed E-state index contributed by atoms with van der Waals surface area (Å²) >= 11 is 0. The molecule has 2 N–H and O–H groups in total. The second kappa shape index (κ2) is 10.2. The minimum Gasteiger partial charge on any atom is -0.503 e. The number of aromatic hydroxyl groups is 1. The van der Waals surface area contributed by atoms with Gasteiger partial charge in [-0.05, 0) is 18.1 Å². The van der Waals surface area contributed by atoms with Gasteiger partial charge in [0.25, 0.3) is 5.43 Å². The fourth-order valence-electron chi connectivity index (χ4n) is 2.71. The molecule has 0 bridgehead atoms. The number of carboxylic acid groups (broad SMARTS) is 1. The Labute approximate surface area is 175 Å². The molecule has 0 aliphatic rings. The zero-order valence-corrected chi connectivity index (χ0v) is 17.5. The Bertz CT molecular complexity index is 1070. The van der Waals surface area contributed by atoms with E-state index < -0.39 is 22.8 Å². The lowest BCUT2D eigenvalue weighted by Gasteiger charge is -2.16. The zero-order valence-electron chi connectivity index (χ0n) is 17.5. The lowest BCUT2D eigenvalue weighted by Crippen LogP contribution is -2.21. The van der Waals surface area contributed by atoms with Crippen LogP contribution in [0, 0.1) is 5.92 Å². The van der Waals surface area contributed by atoms with Gasteiger partial charge in [-0.2, -0.15) is 5.10 Å². The molecule has 158 valence electrons. The lowest BCUT2D eigenvalue weighted by atomic mass is 10.0. The van der Waals surface area contributed by atoms with Crippen molar-refractivity contribution in [2.45, 2.75) is 27.7 Å². The van der Waals surface area contributed by atoms with Crippen molar-refractivity contribution < 1.29 is 19.7 Å². The maximum Gasteiger partial charge on any atom is 0.360 e. The van der Waals surface area contributed by atoms with Crippen LogP contribution in [0.25, 0.3) is 16.8 Å². The van der Waals surface area contributed by atoms with E-state index in [-0.39, 0.29) is 0 Å². The van der Waals surface area contributed by atoms with Crippen molar-refractivity contribution in [3.63, 3.8) is 0 Å². The summed E-state index contributed by atoms with van der Waals surface area (Å²) in [5, 5.41) is 23.0. The Morgan fingerprint density at radius 2 is 1.67 bits per heavy atom. The second-order valence-corrected chi connectivity index (χ2v) is 6.66. The predicted octanol–water partition coefficient (Wildman–Crippen LogP) is 4.36. The van der Waals surface area contributed by atoms with Gasteiger partial charge in [-0.15, -0.1) is 0 Å². The third-order valence-electron chi connectivity index (χ3n) is 4.00. The number of nitrogens with zero attached hydrogens (tertiary/aromatic N) is 2. The smallest absolute Gasteiger partial charge is 0.360 e. The maximum atomic E-state index is 11.8. The molecule has 0 saturated carbocycles. The van der Waals surface area contributed by atoms with Crippen molar-refractivity contribution >= 4 is 5.97 Å². The van der Waals surface area contributed by atoms with Crippen molar-refractivity contribution in [2.75, 3.05) is 6.61 Å². The van der Waals surface area contributed by atoms with E-state index in [0.717, 1.165) is 11.8 Å². The van der Waals surface area contributed by atoms with E-state index in [0.29, 0.717) is 29.5 Å². The molecular weight excluding hydrogens is 384 g/mol. The number of carbonyl (C=O) groups is 1. The first kappa shape index (κ1) is 22.7. The molecule has 0 fully saturated rings. The van der Waals surface area contributed by atoms with Crippen LogP contribution in [0.1, 0.15) is 38.2 Å². The Morgan fingerprint density at radius 3 is 2.30 bits per heavy atom. The molecular formula is C23H26N2O5. The topological polar surface area (TPSA) is 102 Å². The quantitative estimate of drug-likeness (QED) is 0.626. The van der Waals surface area contributed by atoms with Gasteiger partial charge in [-0.25, -0.2) is 9.48 Å². The van der Waals surface area contributed by atoms with Gasteiger partial charge in [0.05, 0.1) is 18.5 Å². The van der Waals surface area contributed by atoms with E-state index >= 15 is 0 Å². The first-order chi connectivity index (χ1) is 14.4. The van der Waals surface area contributed by atoms with Crippen LogP contribution in [0.2, 0.25) is 0 Å². The Balaban J connectivity index is 0.00000155. The molecule has 1 heterocycles. The summed E-state index contributed by atoms with van der Waals surface area (Å²) < 4.78 is 7.11. The number of para-hydroxylation sites is 2. The minimum atomic E-state index is -1.51. The third kappa shape index (κ3) is 5.05. The van der Waals surface area contributed by atoms with E-state index in [4.69, 9.17) is 4.74 Å². The van der Waals surface area contributed by atoms with Crippen molar-refractivity contribution in [1.82, 2.24) is 9.78 Å².